The molecule has 1 N–H and O–H groups in total. The van der Waals surface area contributed by atoms with E-state index in [1.165, 1.54) is 37.3 Å². The maximum atomic E-state index is 4.39. The van der Waals surface area contributed by atoms with Gasteiger partial charge in [-0.3, -0.25) is 0 Å². The van der Waals surface area contributed by atoms with Gasteiger partial charge in [-0.25, -0.2) is 0 Å². The average Bonchev–Trinajstić information content (AvgIpc) is 2.74. The molecule has 1 aromatic rings. The van der Waals surface area contributed by atoms with Crippen molar-refractivity contribution in [1.29, 1.82) is 0 Å². The molecule has 82 valence electrons. The van der Waals surface area contributed by atoms with Gasteiger partial charge in [0.25, 0.3) is 0 Å². The predicted molar refractivity (Wildman–Crippen MR) is 57.8 cm³/mol. The van der Waals surface area contributed by atoms with Crippen molar-refractivity contribution in [2.24, 2.45) is 0 Å². The number of aryl methyl sites for hydroxylation is 1. The Hall–Kier alpha value is -0.900. The van der Waals surface area contributed by atoms with E-state index in [0.717, 1.165) is 26.1 Å². The predicted octanol–water partition coefficient (Wildman–Crippen LogP) is 1.08. The highest BCUT2D eigenvalue weighted by Gasteiger charge is 2.23. The largest absolute Gasteiger partial charge is 0.316 e. The summed E-state index contributed by atoms with van der Waals surface area (Å²) < 4.78 is 2.36. The van der Waals surface area contributed by atoms with Crippen LogP contribution in [0.2, 0.25) is 0 Å². The van der Waals surface area contributed by atoms with Gasteiger partial charge < -0.3 is 9.88 Å². The van der Waals surface area contributed by atoms with Gasteiger partial charge in [0.05, 0.1) is 0 Å². The molecule has 1 atom stereocenters. The van der Waals surface area contributed by atoms with Crippen LogP contribution in [0.4, 0.5) is 0 Å². The summed E-state index contributed by atoms with van der Waals surface area (Å²) in [5.74, 6) is 3.04. The normalized spacial score (nSPS) is 26.3. The zero-order valence-electron chi connectivity index (χ0n) is 9.08. The van der Waals surface area contributed by atoms with E-state index in [-0.39, 0.29) is 0 Å². The number of fused-ring (bicyclic) bond motifs is 1. The maximum Gasteiger partial charge on any atom is 0.137 e. The van der Waals surface area contributed by atoms with Crippen molar-refractivity contribution in [2.45, 2.75) is 44.6 Å². The lowest BCUT2D eigenvalue weighted by atomic mass is 9.98. The Morgan fingerprint density at radius 3 is 3.07 bits per heavy atom. The molecule has 15 heavy (non-hydrogen) atoms. The molecule has 0 unspecified atom stereocenters. The first-order chi connectivity index (χ1) is 7.45. The van der Waals surface area contributed by atoms with E-state index in [1.807, 2.05) is 0 Å². The highest BCUT2D eigenvalue weighted by molar-refractivity contribution is 5.05. The number of nitrogens with zero attached hydrogens (tertiary/aromatic N) is 3. The number of rotatable bonds is 1. The SMILES string of the molecule is C1CCn2c(nnc2[C@@H]2CCCNC2)C1. The second kappa shape index (κ2) is 3.93. The summed E-state index contributed by atoms with van der Waals surface area (Å²) in [4.78, 5) is 0. The third kappa shape index (κ3) is 1.67. The van der Waals surface area contributed by atoms with Gasteiger partial charge in [0.1, 0.15) is 11.6 Å². The monoisotopic (exact) mass is 206 g/mol. The lowest BCUT2D eigenvalue weighted by molar-refractivity contribution is 0.417. The fourth-order valence-electron chi connectivity index (χ4n) is 2.70. The minimum Gasteiger partial charge on any atom is -0.316 e. The van der Waals surface area contributed by atoms with Crippen molar-refractivity contribution >= 4 is 0 Å². The highest BCUT2D eigenvalue weighted by Crippen LogP contribution is 2.24. The Labute approximate surface area is 90.1 Å². The first-order valence-corrected chi connectivity index (χ1v) is 6.08. The smallest absolute Gasteiger partial charge is 0.137 e. The Morgan fingerprint density at radius 1 is 1.20 bits per heavy atom. The van der Waals surface area contributed by atoms with Gasteiger partial charge in [-0.05, 0) is 32.2 Å². The molecule has 1 aromatic heterocycles. The molecular weight excluding hydrogens is 188 g/mol. The zero-order valence-corrected chi connectivity index (χ0v) is 9.08. The topological polar surface area (TPSA) is 42.7 Å². The van der Waals surface area contributed by atoms with E-state index < -0.39 is 0 Å². The van der Waals surface area contributed by atoms with Gasteiger partial charge in [-0.15, -0.1) is 10.2 Å². The van der Waals surface area contributed by atoms with Crippen LogP contribution in [0, 0.1) is 0 Å². The average molecular weight is 206 g/mol. The lowest BCUT2D eigenvalue weighted by Crippen LogP contribution is -2.30. The Balaban J connectivity index is 1.87. The van der Waals surface area contributed by atoms with Crippen LogP contribution in [0.1, 0.15) is 43.3 Å². The zero-order chi connectivity index (χ0) is 10.1. The quantitative estimate of drug-likeness (QED) is 0.747. The summed E-state index contributed by atoms with van der Waals surface area (Å²) in [6, 6.07) is 0. The molecule has 0 bridgehead atoms. The van der Waals surface area contributed by atoms with Crippen molar-refractivity contribution in [3.63, 3.8) is 0 Å². The second-order valence-corrected chi connectivity index (χ2v) is 4.63. The molecule has 4 heteroatoms. The van der Waals surface area contributed by atoms with E-state index >= 15 is 0 Å². The summed E-state index contributed by atoms with van der Waals surface area (Å²) in [5, 5.41) is 12.2. The van der Waals surface area contributed by atoms with E-state index in [2.05, 4.69) is 20.1 Å². The number of aromatic nitrogens is 3. The third-order valence-corrected chi connectivity index (χ3v) is 3.55. The number of hydrogen-bond donors (Lipinski definition) is 1. The maximum absolute atomic E-state index is 4.39. The van der Waals surface area contributed by atoms with Crippen LogP contribution < -0.4 is 5.32 Å². The van der Waals surface area contributed by atoms with Crippen LogP contribution in [0.25, 0.3) is 0 Å². The standard InChI is InChI=1S/C11H18N4/c1-2-7-15-10(5-1)13-14-11(15)9-4-3-6-12-8-9/h9,12H,1-8H2/t9-/m1/s1. The van der Waals surface area contributed by atoms with Crippen LogP contribution in [-0.4, -0.2) is 27.9 Å². The molecule has 3 heterocycles. The van der Waals surface area contributed by atoms with Crippen LogP contribution in [-0.2, 0) is 13.0 Å². The fraction of sp³-hybridized carbons (Fsp3) is 0.818. The molecule has 1 saturated heterocycles. The Morgan fingerprint density at radius 2 is 2.20 bits per heavy atom. The summed E-state index contributed by atoms with van der Waals surface area (Å²) in [6.07, 6.45) is 6.23. The van der Waals surface area contributed by atoms with Crippen molar-refractivity contribution in [1.82, 2.24) is 20.1 Å². The summed E-state index contributed by atoms with van der Waals surface area (Å²) in [5.41, 5.74) is 0. The molecule has 2 aliphatic heterocycles. The second-order valence-electron chi connectivity index (χ2n) is 4.63. The van der Waals surface area contributed by atoms with E-state index in [1.54, 1.807) is 0 Å². The molecule has 0 saturated carbocycles. The van der Waals surface area contributed by atoms with Crippen molar-refractivity contribution in [3.8, 4) is 0 Å². The molecule has 2 aliphatic rings. The van der Waals surface area contributed by atoms with Gasteiger partial charge in [0.15, 0.2) is 0 Å². The highest BCUT2D eigenvalue weighted by atomic mass is 15.3. The van der Waals surface area contributed by atoms with E-state index in [0.29, 0.717) is 5.92 Å². The molecule has 0 radical (unpaired) electrons. The molecule has 4 nitrogen and oxygen atoms in total. The van der Waals surface area contributed by atoms with Crippen LogP contribution >= 0.6 is 0 Å². The summed E-state index contributed by atoms with van der Waals surface area (Å²) in [6.45, 7) is 3.38. The Kier molecular flexibility index (Phi) is 2.44. The molecule has 3 rings (SSSR count). The molecule has 0 spiro atoms. The van der Waals surface area contributed by atoms with Crippen molar-refractivity contribution < 1.29 is 0 Å². The van der Waals surface area contributed by atoms with Gasteiger partial charge >= 0.3 is 0 Å². The summed E-state index contributed by atoms with van der Waals surface area (Å²) in [7, 11) is 0. The van der Waals surface area contributed by atoms with Gasteiger partial charge in [0, 0.05) is 25.4 Å². The molecular formula is C11H18N4. The number of hydrogen-bond acceptors (Lipinski definition) is 3. The van der Waals surface area contributed by atoms with E-state index in [4.69, 9.17) is 0 Å². The van der Waals surface area contributed by atoms with Crippen molar-refractivity contribution in [3.05, 3.63) is 11.6 Å². The van der Waals surface area contributed by atoms with Gasteiger partial charge in [0.2, 0.25) is 0 Å². The lowest BCUT2D eigenvalue weighted by Gasteiger charge is -2.24. The minimum absolute atomic E-state index is 0.595. The molecule has 0 aromatic carbocycles. The first kappa shape index (κ1) is 9.33. The summed E-state index contributed by atoms with van der Waals surface area (Å²) >= 11 is 0. The Bertz CT molecular complexity index is 338. The number of nitrogens with one attached hydrogen (secondary N) is 1. The van der Waals surface area contributed by atoms with Crippen LogP contribution in [0.3, 0.4) is 0 Å². The fourth-order valence-corrected chi connectivity index (χ4v) is 2.70. The molecule has 0 aliphatic carbocycles. The van der Waals surface area contributed by atoms with Crippen LogP contribution in [0.5, 0.6) is 0 Å². The number of piperidine rings is 1. The molecule has 1 fully saturated rings. The van der Waals surface area contributed by atoms with Gasteiger partial charge in [-0.2, -0.15) is 0 Å². The third-order valence-electron chi connectivity index (χ3n) is 3.55. The first-order valence-electron chi connectivity index (χ1n) is 6.08. The van der Waals surface area contributed by atoms with Crippen LogP contribution in [0.15, 0.2) is 0 Å². The van der Waals surface area contributed by atoms with Gasteiger partial charge in [-0.1, -0.05) is 0 Å². The van der Waals surface area contributed by atoms with E-state index in [9.17, 15) is 0 Å². The molecule has 0 amide bonds. The van der Waals surface area contributed by atoms with Crippen molar-refractivity contribution in [2.75, 3.05) is 13.1 Å². The minimum atomic E-state index is 0.595.